The van der Waals surface area contributed by atoms with Gasteiger partial charge in [-0.15, -0.1) is 0 Å². The van der Waals surface area contributed by atoms with E-state index in [1.54, 1.807) is 18.2 Å². The van der Waals surface area contributed by atoms with Gasteiger partial charge in [0.25, 0.3) is 0 Å². The molecule has 1 heterocycles. The Morgan fingerprint density at radius 3 is 2.52 bits per heavy atom. The molecule has 0 aromatic heterocycles. The predicted molar refractivity (Wildman–Crippen MR) is 110 cm³/mol. The zero-order valence-corrected chi connectivity index (χ0v) is 17.9. The highest BCUT2D eigenvalue weighted by Gasteiger charge is 2.50. The molecule has 0 unspecified atom stereocenters. The maximum atomic E-state index is 13.3. The summed E-state index contributed by atoms with van der Waals surface area (Å²) in [5.74, 6) is -0.216. The average Bonchev–Trinajstić information content (AvgIpc) is 3.34. The van der Waals surface area contributed by atoms with Crippen molar-refractivity contribution in [3.63, 3.8) is 0 Å². The number of amides is 1. The van der Waals surface area contributed by atoms with E-state index in [9.17, 15) is 18.5 Å². The molecule has 1 saturated heterocycles. The van der Waals surface area contributed by atoms with E-state index in [1.807, 2.05) is 0 Å². The first kappa shape index (κ1) is 20.6. The first-order valence-corrected chi connectivity index (χ1v) is 12.3. The van der Waals surface area contributed by atoms with Crippen LogP contribution in [0.1, 0.15) is 51.4 Å². The molecular weight excluding hydrogens is 410 g/mol. The van der Waals surface area contributed by atoms with Gasteiger partial charge in [0.2, 0.25) is 5.91 Å². The molecule has 2 aliphatic carbocycles. The molecule has 3 fully saturated rings. The standard InChI is InChI=1S/C21H26ClN3O3S/c22-17-8-4-5-9-19(17)29(27,28)16-12-18(20(26)24-21(14-23)10-11-21)25(13-16)15-6-2-1-3-7-15/h4-5,8-9,15-16,18H,1-3,6-7,10-13H2,(H,24,26)/t16-,18+/m1/s1. The second-order valence-electron chi connectivity index (χ2n) is 8.52. The van der Waals surface area contributed by atoms with Crippen LogP contribution in [0.5, 0.6) is 0 Å². The molecule has 0 bridgehead atoms. The monoisotopic (exact) mass is 435 g/mol. The van der Waals surface area contributed by atoms with Gasteiger partial charge in [0.1, 0.15) is 5.54 Å². The summed E-state index contributed by atoms with van der Waals surface area (Å²) in [6, 6.07) is 8.36. The maximum absolute atomic E-state index is 13.3. The largest absolute Gasteiger partial charge is 0.336 e. The molecule has 156 valence electrons. The van der Waals surface area contributed by atoms with Crippen molar-refractivity contribution in [2.75, 3.05) is 6.54 Å². The Morgan fingerprint density at radius 2 is 1.90 bits per heavy atom. The van der Waals surface area contributed by atoms with Crippen LogP contribution in [-0.4, -0.2) is 48.6 Å². The van der Waals surface area contributed by atoms with E-state index in [-0.39, 0.29) is 28.3 Å². The lowest BCUT2D eigenvalue weighted by atomic mass is 9.93. The molecule has 1 aromatic carbocycles. The molecule has 1 amide bonds. The van der Waals surface area contributed by atoms with Crippen LogP contribution in [0.2, 0.25) is 5.02 Å². The number of carbonyl (C=O) groups excluding carboxylic acids is 1. The highest BCUT2D eigenvalue weighted by Crippen LogP contribution is 2.38. The second kappa shape index (κ2) is 7.90. The Morgan fingerprint density at radius 1 is 1.21 bits per heavy atom. The average molecular weight is 436 g/mol. The molecule has 4 rings (SSSR count). The van der Waals surface area contributed by atoms with Crippen molar-refractivity contribution in [3.05, 3.63) is 29.3 Å². The van der Waals surface area contributed by atoms with Gasteiger partial charge >= 0.3 is 0 Å². The van der Waals surface area contributed by atoms with Gasteiger partial charge in [0.05, 0.1) is 27.3 Å². The van der Waals surface area contributed by atoms with Crippen LogP contribution >= 0.6 is 11.6 Å². The van der Waals surface area contributed by atoms with Gasteiger partial charge in [-0.3, -0.25) is 9.69 Å². The molecule has 3 aliphatic rings. The van der Waals surface area contributed by atoms with Gasteiger partial charge in [0.15, 0.2) is 9.84 Å². The van der Waals surface area contributed by atoms with Gasteiger partial charge < -0.3 is 5.32 Å². The zero-order chi connectivity index (χ0) is 20.6. The van der Waals surface area contributed by atoms with Crippen LogP contribution in [0, 0.1) is 11.3 Å². The molecule has 29 heavy (non-hydrogen) atoms. The van der Waals surface area contributed by atoms with E-state index in [2.05, 4.69) is 16.3 Å². The Labute approximate surface area is 177 Å². The van der Waals surface area contributed by atoms with Crippen molar-refractivity contribution >= 4 is 27.3 Å². The Balaban J connectivity index is 1.60. The molecule has 2 saturated carbocycles. The molecule has 8 heteroatoms. The molecular formula is C21H26ClN3O3S. The van der Waals surface area contributed by atoms with Gasteiger partial charge in [-0.1, -0.05) is 43.0 Å². The second-order valence-corrected chi connectivity index (χ2v) is 11.1. The summed E-state index contributed by atoms with van der Waals surface area (Å²) < 4.78 is 26.6. The molecule has 6 nitrogen and oxygen atoms in total. The van der Waals surface area contributed by atoms with Gasteiger partial charge in [0, 0.05) is 12.6 Å². The Hall–Kier alpha value is -1.62. The number of hydrogen-bond donors (Lipinski definition) is 1. The fourth-order valence-electron chi connectivity index (χ4n) is 4.68. The molecule has 1 aliphatic heterocycles. The third-order valence-electron chi connectivity index (χ3n) is 6.56. The zero-order valence-electron chi connectivity index (χ0n) is 16.3. The number of likely N-dealkylation sites (tertiary alicyclic amines) is 1. The predicted octanol–water partition coefficient (Wildman–Crippen LogP) is 3.06. The first-order chi connectivity index (χ1) is 13.9. The van der Waals surface area contributed by atoms with Gasteiger partial charge in [-0.2, -0.15) is 5.26 Å². The normalized spacial score (nSPS) is 27.3. The van der Waals surface area contributed by atoms with Crippen molar-refractivity contribution in [1.82, 2.24) is 10.2 Å². The topological polar surface area (TPSA) is 90.3 Å². The lowest BCUT2D eigenvalue weighted by molar-refractivity contribution is -0.127. The first-order valence-electron chi connectivity index (χ1n) is 10.3. The SMILES string of the molecule is N#CC1(NC(=O)[C@@H]2C[C@@H](S(=O)(=O)c3ccccc3Cl)CN2C2CCCCC2)CC1. The van der Waals surface area contributed by atoms with Crippen molar-refractivity contribution in [1.29, 1.82) is 5.26 Å². The fourth-order valence-corrected chi connectivity index (χ4v) is 6.91. The van der Waals surface area contributed by atoms with E-state index in [0.29, 0.717) is 19.4 Å². The minimum absolute atomic E-state index is 0.131. The van der Waals surface area contributed by atoms with Crippen LogP contribution in [0.3, 0.4) is 0 Å². The number of nitriles is 1. The summed E-state index contributed by atoms with van der Waals surface area (Å²) in [7, 11) is -3.66. The highest BCUT2D eigenvalue weighted by atomic mass is 35.5. The lowest BCUT2D eigenvalue weighted by Crippen LogP contribution is -2.51. The van der Waals surface area contributed by atoms with Crippen LogP contribution < -0.4 is 5.32 Å². The number of hydrogen-bond acceptors (Lipinski definition) is 5. The van der Waals surface area contributed by atoms with Crippen molar-refractivity contribution < 1.29 is 13.2 Å². The number of halogens is 1. The van der Waals surface area contributed by atoms with Gasteiger partial charge in [-0.05, 0) is 44.2 Å². The lowest BCUT2D eigenvalue weighted by Gasteiger charge is -2.35. The number of sulfone groups is 1. The molecule has 0 radical (unpaired) electrons. The summed E-state index contributed by atoms with van der Waals surface area (Å²) in [5.41, 5.74) is -0.755. The van der Waals surface area contributed by atoms with Crippen LogP contribution in [0.15, 0.2) is 29.2 Å². The van der Waals surface area contributed by atoms with Crippen molar-refractivity contribution in [2.45, 2.75) is 79.1 Å². The number of nitrogens with zero attached hydrogens (tertiary/aromatic N) is 2. The quantitative estimate of drug-likeness (QED) is 0.767. The summed E-state index contributed by atoms with van der Waals surface area (Å²) in [6.45, 7) is 0.329. The summed E-state index contributed by atoms with van der Waals surface area (Å²) >= 11 is 6.18. The van der Waals surface area contributed by atoms with Crippen LogP contribution in [0.4, 0.5) is 0 Å². The Bertz CT molecular complexity index is 933. The molecule has 1 aromatic rings. The fraction of sp³-hybridized carbons (Fsp3) is 0.619. The number of nitrogens with one attached hydrogen (secondary N) is 1. The van der Waals surface area contributed by atoms with E-state index >= 15 is 0 Å². The smallest absolute Gasteiger partial charge is 0.238 e. The molecule has 1 N–H and O–H groups in total. The minimum atomic E-state index is -3.66. The van der Waals surface area contributed by atoms with Crippen LogP contribution in [0.25, 0.3) is 0 Å². The van der Waals surface area contributed by atoms with Crippen molar-refractivity contribution in [2.24, 2.45) is 0 Å². The minimum Gasteiger partial charge on any atom is -0.336 e. The summed E-state index contributed by atoms with van der Waals surface area (Å²) in [4.78, 5) is 15.3. The number of carbonyl (C=O) groups is 1. The van der Waals surface area contributed by atoms with Crippen LogP contribution in [-0.2, 0) is 14.6 Å². The third-order valence-corrected chi connectivity index (χ3v) is 9.19. The van der Waals surface area contributed by atoms with Gasteiger partial charge in [-0.25, -0.2) is 8.42 Å². The summed E-state index contributed by atoms with van der Waals surface area (Å²) in [6.07, 6.45) is 6.88. The van der Waals surface area contributed by atoms with E-state index in [1.165, 1.54) is 12.5 Å². The molecule has 0 spiro atoms. The van der Waals surface area contributed by atoms with E-state index in [4.69, 9.17) is 11.6 Å². The van der Waals surface area contributed by atoms with E-state index < -0.39 is 26.7 Å². The van der Waals surface area contributed by atoms with Crippen molar-refractivity contribution in [3.8, 4) is 6.07 Å². The summed E-state index contributed by atoms with van der Waals surface area (Å²) in [5, 5.41) is 11.8. The number of rotatable bonds is 5. The maximum Gasteiger partial charge on any atom is 0.238 e. The van der Waals surface area contributed by atoms with E-state index in [0.717, 1.165) is 25.7 Å². The number of benzene rings is 1. The third kappa shape index (κ3) is 4.03. The highest BCUT2D eigenvalue weighted by molar-refractivity contribution is 7.92. The Kier molecular flexibility index (Phi) is 5.62. The molecule has 2 atom stereocenters.